The summed E-state index contributed by atoms with van der Waals surface area (Å²) in [5, 5.41) is 10.6. The van der Waals surface area contributed by atoms with Gasteiger partial charge in [-0.1, -0.05) is 18.5 Å². The van der Waals surface area contributed by atoms with Crippen LogP contribution in [0.2, 0.25) is 5.02 Å². The molecule has 0 aliphatic heterocycles. The van der Waals surface area contributed by atoms with Gasteiger partial charge in [0.25, 0.3) is 0 Å². The third-order valence-electron chi connectivity index (χ3n) is 3.80. The summed E-state index contributed by atoms with van der Waals surface area (Å²) in [5.74, 6) is 1.47. The Hall–Kier alpha value is -1.06. The predicted octanol–water partition coefficient (Wildman–Crippen LogP) is 3.34. The van der Waals surface area contributed by atoms with Crippen molar-refractivity contribution in [1.29, 1.82) is 0 Å². The van der Waals surface area contributed by atoms with Gasteiger partial charge in [0.15, 0.2) is 5.78 Å². The van der Waals surface area contributed by atoms with E-state index in [2.05, 4.69) is 11.8 Å². The second-order valence-electron chi connectivity index (χ2n) is 5.69. The Morgan fingerprint density at radius 3 is 2.68 bits per heavy atom. The SMILES string of the molecule is CC(=O)c1cc(Cl)cc(CN(C)CC2CC2C)c1O. The van der Waals surface area contributed by atoms with Crippen molar-refractivity contribution in [3.05, 3.63) is 28.3 Å². The largest absolute Gasteiger partial charge is 0.507 e. The minimum absolute atomic E-state index is 0.0626. The zero-order chi connectivity index (χ0) is 14.2. The van der Waals surface area contributed by atoms with Crippen molar-refractivity contribution < 1.29 is 9.90 Å². The summed E-state index contributed by atoms with van der Waals surface area (Å²) in [6.07, 6.45) is 1.28. The molecule has 0 spiro atoms. The molecular weight excluding hydrogens is 262 g/mol. The Balaban J connectivity index is 2.12. The fraction of sp³-hybridized carbons (Fsp3) is 0.533. The Morgan fingerprint density at radius 2 is 2.16 bits per heavy atom. The van der Waals surface area contributed by atoms with Crippen LogP contribution >= 0.6 is 11.6 Å². The van der Waals surface area contributed by atoms with Crippen LogP contribution in [0.4, 0.5) is 0 Å². The number of phenolic OH excluding ortho intramolecular Hbond substituents is 1. The lowest BCUT2D eigenvalue weighted by atomic mass is 10.1. The second-order valence-corrected chi connectivity index (χ2v) is 6.12. The molecule has 0 radical (unpaired) electrons. The smallest absolute Gasteiger partial charge is 0.163 e. The molecule has 4 heteroatoms. The number of halogens is 1. The van der Waals surface area contributed by atoms with Gasteiger partial charge in [-0.05, 0) is 44.4 Å². The van der Waals surface area contributed by atoms with Crippen LogP contribution in [0.3, 0.4) is 0 Å². The van der Waals surface area contributed by atoms with Crippen molar-refractivity contribution in [3.8, 4) is 5.75 Å². The van der Waals surface area contributed by atoms with E-state index < -0.39 is 0 Å². The van der Waals surface area contributed by atoms with Gasteiger partial charge in [-0.15, -0.1) is 0 Å². The first-order chi connectivity index (χ1) is 8.88. The molecule has 0 heterocycles. The van der Waals surface area contributed by atoms with Crippen LogP contribution in [0.15, 0.2) is 12.1 Å². The minimum Gasteiger partial charge on any atom is -0.507 e. The third kappa shape index (κ3) is 3.48. The molecule has 1 saturated carbocycles. The van der Waals surface area contributed by atoms with Gasteiger partial charge >= 0.3 is 0 Å². The van der Waals surface area contributed by atoms with Crippen molar-refractivity contribution in [1.82, 2.24) is 4.90 Å². The van der Waals surface area contributed by atoms with Gasteiger partial charge in [-0.25, -0.2) is 0 Å². The van der Waals surface area contributed by atoms with Crippen LogP contribution in [-0.2, 0) is 6.54 Å². The topological polar surface area (TPSA) is 40.5 Å². The number of Topliss-reactive ketones (excluding diaryl/α,β-unsaturated/α-hetero) is 1. The molecule has 19 heavy (non-hydrogen) atoms. The van der Waals surface area contributed by atoms with E-state index in [0.29, 0.717) is 22.7 Å². The molecule has 0 saturated heterocycles. The van der Waals surface area contributed by atoms with Crippen molar-refractivity contribution >= 4 is 17.4 Å². The molecule has 1 fully saturated rings. The summed E-state index contributed by atoms with van der Waals surface area (Å²) in [6, 6.07) is 3.25. The first-order valence-corrected chi connectivity index (χ1v) is 6.97. The average molecular weight is 282 g/mol. The van der Waals surface area contributed by atoms with E-state index >= 15 is 0 Å². The molecular formula is C15H20ClNO2. The molecule has 0 amide bonds. The predicted molar refractivity (Wildman–Crippen MR) is 76.7 cm³/mol. The maximum Gasteiger partial charge on any atom is 0.163 e. The number of benzene rings is 1. The maximum atomic E-state index is 11.5. The van der Waals surface area contributed by atoms with Gasteiger partial charge in [-0.3, -0.25) is 4.79 Å². The monoisotopic (exact) mass is 281 g/mol. The van der Waals surface area contributed by atoms with E-state index in [1.807, 2.05) is 7.05 Å². The molecule has 1 aromatic carbocycles. The highest BCUT2D eigenvalue weighted by atomic mass is 35.5. The Labute approximate surface area is 119 Å². The zero-order valence-electron chi connectivity index (χ0n) is 11.6. The molecule has 2 rings (SSSR count). The molecule has 1 aliphatic carbocycles. The lowest BCUT2D eigenvalue weighted by Crippen LogP contribution is -2.21. The molecule has 1 N–H and O–H groups in total. The van der Waals surface area contributed by atoms with Gasteiger partial charge in [0.2, 0.25) is 0 Å². The van der Waals surface area contributed by atoms with Crippen LogP contribution < -0.4 is 0 Å². The second kappa shape index (κ2) is 5.51. The molecule has 2 unspecified atom stereocenters. The summed E-state index contributed by atoms with van der Waals surface area (Å²) >= 11 is 6.01. The number of carbonyl (C=O) groups excluding carboxylic acids is 1. The Kier molecular flexibility index (Phi) is 4.16. The van der Waals surface area contributed by atoms with Crippen LogP contribution in [-0.4, -0.2) is 29.4 Å². The summed E-state index contributed by atoms with van der Waals surface area (Å²) in [4.78, 5) is 13.6. The number of aromatic hydroxyl groups is 1. The zero-order valence-corrected chi connectivity index (χ0v) is 12.4. The quantitative estimate of drug-likeness (QED) is 0.842. The van der Waals surface area contributed by atoms with Gasteiger partial charge in [0.1, 0.15) is 5.75 Å². The summed E-state index contributed by atoms with van der Waals surface area (Å²) in [7, 11) is 2.03. The third-order valence-corrected chi connectivity index (χ3v) is 4.01. The van der Waals surface area contributed by atoms with Crippen molar-refractivity contribution in [2.75, 3.05) is 13.6 Å². The Morgan fingerprint density at radius 1 is 1.53 bits per heavy atom. The highest BCUT2D eigenvalue weighted by Crippen LogP contribution is 2.38. The van der Waals surface area contributed by atoms with Gasteiger partial charge < -0.3 is 10.0 Å². The molecule has 3 nitrogen and oxygen atoms in total. The van der Waals surface area contributed by atoms with E-state index in [1.165, 1.54) is 19.4 Å². The molecule has 104 valence electrons. The van der Waals surface area contributed by atoms with Crippen LogP contribution in [0.5, 0.6) is 5.75 Å². The first-order valence-electron chi connectivity index (χ1n) is 6.59. The van der Waals surface area contributed by atoms with Crippen LogP contribution in [0, 0.1) is 11.8 Å². The standard InChI is InChI=1S/C15H20ClNO2/c1-9-4-11(9)7-17(3)8-12-5-13(16)6-14(10(2)18)15(12)19/h5-6,9,11,19H,4,7-8H2,1-3H3. The van der Waals surface area contributed by atoms with E-state index in [9.17, 15) is 9.90 Å². The fourth-order valence-corrected chi connectivity index (χ4v) is 2.69. The van der Waals surface area contributed by atoms with Crippen LogP contribution in [0.25, 0.3) is 0 Å². The highest BCUT2D eigenvalue weighted by molar-refractivity contribution is 6.31. The maximum absolute atomic E-state index is 11.5. The number of hydrogen-bond acceptors (Lipinski definition) is 3. The number of rotatable bonds is 5. The lowest BCUT2D eigenvalue weighted by Gasteiger charge is -2.18. The fourth-order valence-electron chi connectivity index (χ4n) is 2.45. The van der Waals surface area contributed by atoms with Crippen molar-refractivity contribution in [2.45, 2.75) is 26.8 Å². The Bertz CT molecular complexity index is 501. The number of carbonyl (C=O) groups is 1. The summed E-state index contributed by atoms with van der Waals surface area (Å²) in [5.41, 5.74) is 1.02. The minimum atomic E-state index is -0.167. The molecule has 0 bridgehead atoms. The first kappa shape index (κ1) is 14.4. The number of nitrogens with zero attached hydrogens (tertiary/aromatic N) is 1. The van der Waals surface area contributed by atoms with E-state index in [4.69, 9.17) is 11.6 Å². The van der Waals surface area contributed by atoms with Gasteiger partial charge in [0.05, 0.1) is 5.56 Å². The van der Waals surface area contributed by atoms with Crippen molar-refractivity contribution in [3.63, 3.8) is 0 Å². The molecule has 2 atom stereocenters. The normalized spacial score (nSPS) is 21.7. The van der Waals surface area contributed by atoms with E-state index in [1.54, 1.807) is 6.07 Å². The molecule has 0 aromatic heterocycles. The highest BCUT2D eigenvalue weighted by Gasteiger charge is 2.33. The molecule has 1 aromatic rings. The summed E-state index contributed by atoms with van der Waals surface area (Å²) in [6.45, 7) is 5.31. The van der Waals surface area contributed by atoms with E-state index in [0.717, 1.165) is 18.4 Å². The van der Waals surface area contributed by atoms with Gasteiger partial charge in [0, 0.05) is 23.7 Å². The number of hydrogen-bond donors (Lipinski definition) is 1. The van der Waals surface area contributed by atoms with Crippen molar-refractivity contribution in [2.24, 2.45) is 11.8 Å². The number of ketones is 1. The average Bonchev–Trinajstić information content (AvgIpc) is 2.98. The lowest BCUT2D eigenvalue weighted by molar-refractivity contribution is 0.101. The molecule has 1 aliphatic rings. The van der Waals surface area contributed by atoms with Crippen LogP contribution in [0.1, 0.15) is 36.2 Å². The summed E-state index contributed by atoms with van der Waals surface area (Å²) < 4.78 is 0. The van der Waals surface area contributed by atoms with E-state index in [-0.39, 0.29) is 11.5 Å². The van der Waals surface area contributed by atoms with Gasteiger partial charge in [-0.2, -0.15) is 0 Å². The number of phenols is 1.